The van der Waals surface area contributed by atoms with Crippen LogP contribution in [0.1, 0.15) is 20.3 Å². The molecule has 1 fully saturated rings. The number of morpholine rings is 1. The van der Waals surface area contributed by atoms with Crippen molar-refractivity contribution in [3.05, 3.63) is 0 Å². The van der Waals surface area contributed by atoms with E-state index in [0.717, 1.165) is 26.1 Å². The summed E-state index contributed by atoms with van der Waals surface area (Å²) >= 11 is 0. The molecule has 1 aliphatic heterocycles. The molecule has 4 heteroatoms. The van der Waals surface area contributed by atoms with Crippen LogP contribution < -0.4 is 11.1 Å². The molecule has 1 heterocycles. The van der Waals surface area contributed by atoms with Crippen LogP contribution >= 0.6 is 0 Å². The number of hydrogen-bond acceptors (Lipinski definition) is 3. The fourth-order valence-corrected chi connectivity index (χ4v) is 1.56. The van der Waals surface area contributed by atoms with E-state index in [9.17, 15) is 0 Å². The summed E-state index contributed by atoms with van der Waals surface area (Å²) in [6.45, 7) is 7.06. The maximum absolute atomic E-state index is 5.98. The van der Waals surface area contributed by atoms with Gasteiger partial charge in [0.05, 0.1) is 12.7 Å². The second-order valence-electron chi connectivity index (χ2n) is 3.91. The van der Waals surface area contributed by atoms with Gasteiger partial charge in [-0.2, -0.15) is 0 Å². The molecule has 0 aromatic heterocycles. The first-order chi connectivity index (χ1) is 5.70. The Morgan fingerprint density at radius 2 is 2.23 bits per heavy atom. The molecule has 1 rings (SSSR count). The van der Waals surface area contributed by atoms with E-state index in [1.54, 1.807) is 0 Å². The van der Waals surface area contributed by atoms with Crippen LogP contribution in [0.2, 0.25) is 0 Å². The number of rotatable bonds is 3. The SMILES string of the molecule is CC(C)CC(N)C1CNCCO1.[Zn]. The van der Waals surface area contributed by atoms with E-state index < -0.39 is 0 Å². The van der Waals surface area contributed by atoms with E-state index in [-0.39, 0.29) is 31.6 Å². The second kappa shape index (κ2) is 6.88. The van der Waals surface area contributed by atoms with E-state index >= 15 is 0 Å². The van der Waals surface area contributed by atoms with Crippen LogP contribution in [0.3, 0.4) is 0 Å². The second-order valence-corrected chi connectivity index (χ2v) is 3.91. The molecule has 0 saturated carbocycles. The molecule has 0 spiro atoms. The Kier molecular flexibility index (Phi) is 7.15. The smallest absolute Gasteiger partial charge is 0.0850 e. The zero-order valence-corrected chi connectivity index (χ0v) is 11.7. The Hall–Kier alpha value is 0.503. The van der Waals surface area contributed by atoms with Crippen LogP contribution in [-0.2, 0) is 24.2 Å². The molecule has 1 aliphatic rings. The van der Waals surface area contributed by atoms with Crippen LogP contribution in [0.15, 0.2) is 0 Å². The fourth-order valence-electron chi connectivity index (χ4n) is 1.56. The van der Waals surface area contributed by atoms with Crippen molar-refractivity contribution in [3.8, 4) is 0 Å². The van der Waals surface area contributed by atoms with Crippen LogP contribution in [-0.4, -0.2) is 31.8 Å². The van der Waals surface area contributed by atoms with Gasteiger partial charge >= 0.3 is 0 Å². The molecule has 2 atom stereocenters. The summed E-state index contributed by atoms with van der Waals surface area (Å²) in [6, 6.07) is 0.192. The van der Waals surface area contributed by atoms with Crippen molar-refractivity contribution >= 4 is 0 Å². The van der Waals surface area contributed by atoms with Crippen LogP contribution in [0.4, 0.5) is 0 Å². The molecule has 13 heavy (non-hydrogen) atoms. The van der Waals surface area contributed by atoms with Crippen molar-refractivity contribution in [1.29, 1.82) is 0 Å². The van der Waals surface area contributed by atoms with Gasteiger partial charge in [0.15, 0.2) is 0 Å². The maximum atomic E-state index is 5.98. The zero-order chi connectivity index (χ0) is 8.97. The standard InChI is InChI=1S/C9H20N2O.Zn/c1-7(2)5-8(10)9-6-11-3-4-12-9;/h7-9,11H,3-6,10H2,1-2H3;. The number of hydrogen-bond donors (Lipinski definition) is 2. The molecule has 3 N–H and O–H groups in total. The van der Waals surface area contributed by atoms with Gasteiger partial charge in [-0.15, -0.1) is 0 Å². The normalized spacial score (nSPS) is 25.4. The van der Waals surface area contributed by atoms with Crippen LogP contribution in [0, 0.1) is 5.92 Å². The molecular formula is C9H20N2OZn. The van der Waals surface area contributed by atoms with Crippen molar-refractivity contribution in [2.24, 2.45) is 11.7 Å². The molecule has 0 bridgehead atoms. The summed E-state index contributed by atoms with van der Waals surface area (Å²) < 4.78 is 5.55. The van der Waals surface area contributed by atoms with Gasteiger partial charge in [0.1, 0.15) is 0 Å². The van der Waals surface area contributed by atoms with E-state index in [1.165, 1.54) is 0 Å². The monoisotopic (exact) mass is 236 g/mol. The summed E-state index contributed by atoms with van der Waals surface area (Å²) in [5.41, 5.74) is 5.98. The summed E-state index contributed by atoms with van der Waals surface area (Å²) in [5.74, 6) is 0.658. The largest absolute Gasteiger partial charge is 0.374 e. The average Bonchev–Trinajstić information content (AvgIpc) is 2.05. The van der Waals surface area contributed by atoms with Crippen LogP contribution in [0.25, 0.3) is 0 Å². The molecule has 0 aromatic rings. The average molecular weight is 238 g/mol. The number of ether oxygens (including phenoxy) is 1. The predicted molar refractivity (Wildman–Crippen MR) is 50.0 cm³/mol. The first-order valence-corrected chi connectivity index (χ1v) is 4.78. The maximum Gasteiger partial charge on any atom is 0.0850 e. The third-order valence-corrected chi connectivity index (χ3v) is 2.18. The Labute approximate surface area is 93.5 Å². The Bertz CT molecular complexity index is 127. The minimum absolute atomic E-state index is 0. The molecule has 3 nitrogen and oxygen atoms in total. The number of nitrogens with two attached hydrogens (primary N) is 1. The molecular weight excluding hydrogens is 218 g/mol. The van der Waals surface area contributed by atoms with E-state index in [4.69, 9.17) is 10.5 Å². The van der Waals surface area contributed by atoms with Crippen molar-refractivity contribution in [3.63, 3.8) is 0 Å². The van der Waals surface area contributed by atoms with E-state index in [0.29, 0.717) is 5.92 Å². The zero-order valence-electron chi connectivity index (χ0n) is 8.75. The topological polar surface area (TPSA) is 47.3 Å². The van der Waals surface area contributed by atoms with Gasteiger partial charge in [-0.3, -0.25) is 0 Å². The summed E-state index contributed by atoms with van der Waals surface area (Å²) in [4.78, 5) is 0. The van der Waals surface area contributed by atoms with Crippen molar-refractivity contribution in [2.75, 3.05) is 19.7 Å². The molecule has 0 aliphatic carbocycles. The van der Waals surface area contributed by atoms with E-state index in [2.05, 4.69) is 19.2 Å². The van der Waals surface area contributed by atoms with E-state index in [1.807, 2.05) is 0 Å². The quantitative estimate of drug-likeness (QED) is 0.697. The Morgan fingerprint density at radius 1 is 1.54 bits per heavy atom. The molecule has 74 valence electrons. The van der Waals surface area contributed by atoms with Gasteiger partial charge < -0.3 is 15.8 Å². The molecule has 1 saturated heterocycles. The third-order valence-electron chi connectivity index (χ3n) is 2.18. The fraction of sp³-hybridized carbons (Fsp3) is 1.00. The molecule has 0 aromatic carbocycles. The minimum atomic E-state index is 0. The molecule has 0 amide bonds. The third kappa shape index (κ3) is 5.06. The summed E-state index contributed by atoms with van der Waals surface area (Å²) in [5, 5.41) is 3.28. The minimum Gasteiger partial charge on any atom is -0.374 e. The van der Waals surface area contributed by atoms with Crippen molar-refractivity contribution in [1.82, 2.24) is 5.32 Å². The van der Waals surface area contributed by atoms with Gasteiger partial charge in [-0.05, 0) is 12.3 Å². The van der Waals surface area contributed by atoms with Crippen molar-refractivity contribution in [2.45, 2.75) is 32.4 Å². The van der Waals surface area contributed by atoms with Crippen LogP contribution in [0.5, 0.6) is 0 Å². The predicted octanol–water partition coefficient (Wildman–Crippen LogP) is 0.346. The molecule has 2 unspecified atom stereocenters. The van der Waals surface area contributed by atoms with Gasteiger partial charge in [-0.25, -0.2) is 0 Å². The van der Waals surface area contributed by atoms with Gasteiger partial charge in [-0.1, -0.05) is 13.8 Å². The van der Waals surface area contributed by atoms with Crippen molar-refractivity contribution < 1.29 is 24.2 Å². The van der Waals surface area contributed by atoms with Gasteiger partial charge in [0.25, 0.3) is 0 Å². The Morgan fingerprint density at radius 3 is 2.69 bits per heavy atom. The van der Waals surface area contributed by atoms with Gasteiger partial charge in [0.2, 0.25) is 0 Å². The van der Waals surface area contributed by atoms with Gasteiger partial charge in [0, 0.05) is 38.6 Å². The first-order valence-electron chi connectivity index (χ1n) is 4.78. The summed E-state index contributed by atoms with van der Waals surface area (Å²) in [7, 11) is 0. The molecule has 0 radical (unpaired) electrons. The first kappa shape index (κ1) is 13.5. The Balaban J connectivity index is 0.00000144. The summed E-state index contributed by atoms with van der Waals surface area (Å²) in [6.07, 6.45) is 1.27. The number of nitrogens with one attached hydrogen (secondary N) is 1.